The zero-order chi connectivity index (χ0) is 18.9. The highest BCUT2D eigenvalue weighted by molar-refractivity contribution is 5.87. The van der Waals surface area contributed by atoms with E-state index in [0.29, 0.717) is 18.2 Å². The summed E-state index contributed by atoms with van der Waals surface area (Å²) in [6, 6.07) is 10.2. The van der Waals surface area contributed by atoms with Crippen LogP contribution < -0.4 is 5.32 Å². The van der Waals surface area contributed by atoms with Crippen LogP contribution in [0.3, 0.4) is 0 Å². The van der Waals surface area contributed by atoms with E-state index in [1.54, 1.807) is 12.4 Å². The summed E-state index contributed by atoms with van der Waals surface area (Å²) in [5.74, 6) is 0.703. The summed E-state index contributed by atoms with van der Waals surface area (Å²) in [5.41, 5.74) is 1.50. The summed E-state index contributed by atoms with van der Waals surface area (Å²) in [5, 5.41) is 4.64. The minimum absolute atomic E-state index is 0.185. The third-order valence-corrected chi connectivity index (χ3v) is 6.32. The van der Waals surface area contributed by atoms with Gasteiger partial charge in [-0.3, -0.25) is 0 Å². The number of fused-ring (bicyclic) bond motifs is 1. The SMILES string of the molecule is Fc1ccccc1Cn1ccc2c(NC3CCN(C4CCC4)CC3)ncnc21. The molecule has 5 nitrogen and oxygen atoms in total. The fourth-order valence-corrected chi connectivity index (χ4v) is 4.41. The van der Waals surface area contributed by atoms with Crippen molar-refractivity contribution >= 4 is 16.9 Å². The summed E-state index contributed by atoms with van der Waals surface area (Å²) in [7, 11) is 0. The molecule has 0 spiro atoms. The largest absolute Gasteiger partial charge is 0.367 e. The van der Waals surface area contributed by atoms with Crippen LogP contribution in [0.2, 0.25) is 0 Å². The second kappa shape index (κ2) is 7.51. The van der Waals surface area contributed by atoms with Crippen LogP contribution in [0, 0.1) is 5.82 Å². The van der Waals surface area contributed by atoms with Gasteiger partial charge in [-0.25, -0.2) is 14.4 Å². The number of anilines is 1. The average Bonchev–Trinajstić information content (AvgIpc) is 3.08. The predicted octanol–water partition coefficient (Wildman–Crippen LogP) is 4.05. The standard InChI is InChI=1S/C22H26FN5/c23-20-7-2-1-4-16(20)14-28-13-10-19-21(24-15-25-22(19)28)26-17-8-11-27(12-9-17)18-5-3-6-18/h1-2,4,7,10,13,15,17-18H,3,5-6,8-9,11-12,14H2,(H,24,25,26). The second-order valence-corrected chi connectivity index (χ2v) is 8.03. The topological polar surface area (TPSA) is 46.0 Å². The van der Waals surface area contributed by atoms with E-state index in [1.165, 1.54) is 38.4 Å². The molecule has 1 N–H and O–H groups in total. The molecule has 3 aromatic rings. The highest BCUT2D eigenvalue weighted by atomic mass is 19.1. The number of piperidine rings is 1. The quantitative estimate of drug-likeness (QED) is 0.727. The smallest absolute Gasteiger partial charge is 0.145 e. The van der Waals surface area contributed by atoms with Crippen LogP contribution in [0.1, 0.15) is 37.7 Å². The van der Waals surface area contributed by atoms with Gasteiger partial charge in [0.15, 0.2) is 0 Å². The Morgan fingerprint density at radius 2 is 1.86 bits per heavy atom. The third kappa shape index (κ3) is 3.37. The van der Waals surface area contributed by atoms with Crippen LogP contribution in [0.15, 0.2) is 42.9 Å². The van der Waals surface area contributed by atoms with Crippen molar-refractivity contribution in [1.29, 1.82) is 0 Å². The van der Waals surface area contributed by atoms with Crippen LogP contribution in [0.4, 0.5) is 10.2 Å². The summed E-state index contributed by atoms with van der Waals surface area (Å²) in [6.45, 7) is 2.81. The number of likely N-dealkylation sites (tertiary alicyclic amines) is 1. The Hall–Kier alpha value is -2.47. The lowest BCUT2D eigenvalue weighted by Crippen LogP contribution is -2.47. The van der Waals surface area contributed by atoms with Gasteiger partial charge in [0, 0.05) is 36.9 Å². The van der Waals surface area contributed by atoms with E-state index in [1.807, 2.05) is 29.0 Å². The Labute approximate surface area is 164 Å². The van der Waals surface area contributed by atoms with Crippen molar-refractivity contribution in [3.05, 3.63) is 54.2 Å². The monoisotopic (exact) mass is 379 g/mol. The zero-order valence-corrected chi connectivity index (χ0v) is 16.0. The number of nitrogens with one attached hydrogen (secondary N) is 1. The minimum atomic E-state index is -0.185. The molecule has 0 atom stereocenters. The van der Waals surface area contributed by atoms with Gasteiger partial charge in [-0.2, -0.15) is 0 Å². The van der Waals surface area contributed by atoms with Gasteiger partial charge < -0.3 is 14.8 Å². The maximum atomic E-state index is 14.0. The van der Waals surface area contributed by atoms with E-state index in [9.17, 15) is 4.39 Å². The van der Waals surface area contributed by atoms with Crippen molar-refractivity contribution in [2.24, 2.45) is 0 Å². The molecular weight excluding hydrogens is 353 g/mol. The van der Waals surface area contributed by atoms with Crippen molar-refractivity contribution in [1.82, 2.24) is 19.4 Å². The minimum Gasteiger partial charge on any atom is -0.367 e. The lowest BCUT2D eigenvalue weighted by atomic mass is 9.89. The third-order valence-electron chi connectivity index (χ3n) is 6.32. The Kier molecular flexibility index (Phi) is 4.72. The van der Waals surface area contributed by atoms with Gasteiger partial charge in [0.1, 0.15) is 23.6 Å². The molecule has 0 unspecified atom stereocenters. The van der Waals surface area contributed by atoms with Crippen molar-refractivity contribution in [2.45, 2.75) is 50.7 Å². The van der Waals surface area contributed by atoms with Gasteiger partial charge >= 0.3 is 0 Å². The van der Waals surface area contributed by atoms with E-state index in [-0.39, 0.29) is 5.82 Å². The first-order valence-electron chi connectivity index (χ1n) is 10.3. The van der Waals surface area contributed by atoms with Crippen molar-refractivity contribution in [3.8, 4) is 0 Å². The Morgan fingerprint density at radius 3 is 2.61 bits per heavy atom. The molecule has 1 aliphatic carbocycles. The summed E-state index contributed by atoms with van der Waals surface area (Å²) in [4.78, 5) is 11.6. The highest BCUT2D eigenvalue weighted by Gasteiger charge is 2.29. The van der Waals surface area contributed by atoms with E-state index in [2.05, 4.69) is 20.2 Å². The maximum Gasteiger partial charge on any atom is 0.145 e. The van der Waals surface area contributed by atoms with E-state index in [4.69, 9.17) is 0 Å². The van der Waals surface area contributed by atoms with Crippen LogP contribution >= 0.6 is 0 Å². The highest BCUT2D eigenvalue weighted by Crippen LogP contribution is 2.29. The lowest BCUT2D eigenvalue weighted by Gasteiger charge is -2.42. The molecule has 146 valence electrons. The van der Waals surface area contributed by atoms with Crippen molar-refractivity contribution < 1.29 is 4.39 Å². The number of rotatable bonds is 5. The van der Waals surface area contributed by atoms with Crippen molar-refractivity contribution in [2.75, 3.05) is 18.4 Å². The van der Waals surface area contributed by atoms with Gasteiger partial charge in [0.2, 0.25) is 0 Å². The molecule has 28 heavy (non-hydrogen) atoms. The van der Waals surface area contributed by atoms with E-state index >= 15 is 0 Å². The number of halogens is 1. The normalized spacial score (nSPS) is 19.0. The Morgan fingerprint density at radius 1 is 1.04 bits per heavy atom. The summed E-state index contributed by atoms with van der Waals surface area (Å²) >= 11 is 0. The molecule has 0 radical (unpaired) electrons. The number of aromatic nitrogens is 3. The van der Waals surface area contributed by atoms with Crippen LogP contribution in [0.25, 0.3) is 11.0 Å². The first kappa shape index (κ1) is 17.6. The molecule has 0 amide bonds. The summed E-state index contributed by atoms with van der Waals surface area (Å²) < 4.78 is 16.0. The molecule has 5 rings (SSSR count). The number of benzene rings is 1. The Bertz CT molecular complexity index is 956. The molecule has 1 aromatic carbocycles. The van der Waals surface area contributed by atoms with Gasteiger partial charge in [0.05, 0.1) is 11.9 Å². The average molecular weight is 379 g/mol. The first-order valence-corrected chi connectivity index (χ1v) is 10.3. The second-order valence-electron chi connectivity index (χ2n) is 8.03. The van der Waals surface area contributed by atoms with Gasteiger partial charge in [-0.1, -0.05) is 24.6 Å². The molecular formula is C22H26FN5. The van der Waals surface area contributed by atoms with Gasteiger partial charge in [-0.15, -0.1) is 0 Å². The predicted molar refractivity (Wildman–Crippen MR) is 109 cm³/mol. The first-order chi connectivity index (χ1) is 13.8. The molecule has 3 heterocycles. The van der Waals surface area contributed by atoms with Crippen LogP contribution in [0.5, 0.6) is 0 Å². The van der Waals surface area contributed by atoms with Crippen molar-refractivity contribution in [3.63, 3.8) is 0 Å². The molecule has 2 aliphatic rings. The fourth-order valence-electron chi connectivity index (χ4n) is 4.41. The zero-order valence-electron chi connectivity index (χ0n) is 16.0. The van der Waals surface area contributed by atoms with E-state index < -0.39 is 0 Å². The number of nitrogens with zero attached hydrogens (tertiary/aromatic N) is 4. The molecule has 1 aliphatic heterocycles. The Balaban J connectivity index is 1.31. The number of hydrogen-bond acceptors (Lipinski definition) is 4. The van der Waals surface area contributed by atoms with Crippen LogP contribution in [-0.2, 0) is 6.54 Å². The summed E-state index contributed by atoms with van der Waals surface area (Å²) in [6.07, 6.45) is 10.0. The molecule has 2 fully saturated rings. The number of hydrogen-bond donors (Lipinski definition) is 1. The molecule has 6 heteroatoms. The molecule has 1 saturated heterocycles. The molecule has 2 aromatic heterocycles. The fraction of sp³-hybridized carbons (Fsp3) is 0.455. The van der Waals surface area contributed by atoms with Gasteiger partial charge in [-0.05, 0) is 37.8 Å². The van der Waals surface area contributed by atoms with E-state index in [0.717, 1.165) is 35.7 Å². The van der Waals surface area contributed by atoms with Crippen LogP contribution in [-0.4, -0.2) is 44.6 Å². The molecule has 0 bridgehead atoms. The lowest BCUT2D eigenvalue weighted by molar-refractivity contribution is 0.101. The molecule has 1 saturated carbocycles. The van der Waals surface area contributed by atoms with Gasteiger partial charge in [0.25, 0.3) is 0 Å². The maximum absolute atomic E-state index is 14.0.